The molecule has 4 heteroatoms. The first-order valence-electron chi connectivity index (χ1n) is 6.31. The van der Waals surface area contributed by atoms with Crippen LogP contribution in [0.25, 0.3) is 0 Å². The highest BCUT2D eigenvalue weighted by molar-refractivity contribution is 5.96. The molecule has 0 fully saturated rings. The third kappa shape index (κ3) is 3.59. The lowest BCUT2D eigenvalue weighted by atomic mass is 10.2. The number of anilines is 2. The van der Waals surface area contributed by atoms with Gasteiger partial charge in [0.25, 0.3) is 0 Å². The van der Waals surface area contributed by atoms with E-state index < -0.39 is 0 Å². The van der Waals surface area contributed by atoms with Gasteiger partial charge in [0.1, 0.15) is 6.04 Å². The number of carbonyl (C=O) groups is 1. The summed E-state index contributed by atoms with van der Waals surface area (Å²) >= 11 is 0. The van der Waals surface area contributed by atoms with E-state index in [1.54, 1.807) is 31.2 Å². The normalized spacial score (nSPS) is 11.2. The standard InChI is InChI=1S/C16H15N3O/c1-12(18-14-7-3-2-4-8-14)16(20)19-15-9-5-6-13(10-15)11-17/h2-10,12,18H,1H3,(H,19,20)/t12-/m0/s1. The van der Waals surface area contributed by atoms with E-state index in [1.807, 2.05) is 36.4 Å². The van der Waals surface area contributed by atoms with Gasteiger partial charge in [0, 0.05) is 11.4 Å². The molecule has 0 bridgehead atoms. The molecular formula is C16H15N3O. The van der Waals surface area contributed by atoms with E-state index in [0.717, 1.165) is 5.69 Å². The topological polar surface area (TPSA) is 64.9 Å². The molecule has 0 aliphatic heterocycles. The molecule has 0 saturated carbocycles. The molecule has 2 rings (SSSR count). The van der Waals surface area contributed by atoms with E-state index in [9.17, 15) is 4.79 Å². The molecule has 20 heavy (non-hydrogen) atoms. The molecule has 0 aliphatic carbocycles. The summed E-state index contributed by atoms with van der Waals surface area (Å²) in [6, 6.07) is 18.0. The highest BCUT2D eigenvalue weighted by atomic mass is 16.2. The van der Waals surface area contributed by atoms with Crippen LogP contribution in [0.2, 0.25) is 0 Å². The second-order valence-electron chi connectivity index (χ2n) is 4.41. The number of rotatable bonds is 4. The second kappa shape index (κ2) is 6.39. The van der Waals surface area contributed by atoms with Gasteiger partial charge in [-0.2, -0.15) is 5.26 Å². The molecule has 1 atom stereocenters. The molecule has 0 heterocycles. The maximum atomic E-state index is 12.1. The molecule has 0 radical (unpaired) electrons. The number of nitriles is 1. The summed E-state index contributed by atoms with van der Waals surface area (Å²) in [4.78, 5) is 12.1. The molecular weight excluding hydrogens is 250 g/mol. The Morgan fingerprint density at radius 3 is 2.50 bits per heavy atom. The Morgan fingerprint density at radius 2 is 1.80 bits per heavy atom. The quantitative estimate of drug-likeness (QED) is 0.893. The van der Waals surface area contributed by atoms with Gasteiger partial charge in [-0.15, -0.1) is 0 Å². The van der Waals surface area contributed by atoms with Crippen LogP contribution in [0.4, 0.5) is 11.4 Å². The monoisotopic (exact) mass is 265 g/mol. The summed E-state index contributed by atoms with van der Waals surface area (Å²) in [6.07, 6.45) is 0. The zero-order valence-corrected chi connectivity index (χ0v) is 11.1. The van der Waals surface area contributed by atoms with Crippen molar-refractivity contribution in [2.24, 2.45) is 0 Å². The predicted octanol–water partition coefficient (Wildman–Crippen LogP) is 3.00. The van der Waals surface area contributed by atoms with Gasteiger partial charge in [-0.1, -0.05) is 24.3 Å². The van der Waals surface area contributed by atoms with Gasteiger partial charge in [-0.3, -0.25) is 4.79 Å². The summed E-state index contributed by atoms with van der Waals surface area (Å²) in [5, 5.41) is 14.7. The van der Waals surface area contributed by atoms with Crippen LogP contribution in [0.15, 0.2) is 54.6 Å². The minimum absolute atomic E-state index is 0.149. The summed E-state index contributed by atoms with van der Waals surface area (Å²) in [5.74, 6) is -0.149. The summed E-state index contributed by atoms with van der Waals surface area (Å²) in [5.41, 5.74) is 2.03. The molecule has 0 aromatic heterocycles. The molecule has 1 amide bonds. The zero-order valence-electron chi connectivity index (χ0n) is 11.1. The van der Waals surface area contributed by atoms with Crippen LogP contribution in [0, 0.1) is 11.3 Å². The summed E-state index contributed by atoms with van der Waals surface area (Å²) in [6.45, 7) is 1.79. The highest BCUT2D eigenvalue weighted by Crippen LogP contribution is 2.12. The van der Waals surface area contributed by atoms with E-state index in [2.05, 4.69) is 10.6 Å². The van der Waals surface area contributed by atoms with Crippen LogP contribution in [-0.4, -0.2) is 11.9 Å². The lowest BCUT2D eigenvalue weighted by Crippen LogP contribution is -2.31. The number of hydrogen-bond donors (Lipinski definition) is 2. The average Bonchev–Trinajstić information content (AvgIpc) is 2.48. The van der Waals surface area contributed by atoms with Crippen molar-refractivity contribution in [1.82, 2.24) is 0 Å². The molecule has 0 spiro atoms. The summed E-state index contributed by atoms with van der Waals surface area (Å²) < 4.78 is 0. The average molecular weight is 265 g/mol. The largest absolute Gasteiger partial charge is 0.374 e. The van der Waals surface area contributed by atoms with Crippen molar-refractivity contribution in [2.45, 2.75) is 13.0 Å². The highest BCUT2D eigenvalue weighted by Gasteiger charge is 2.12. The van der Waals surface area contributed by atoms with Gasteiger partial charge in [0.15, 0.2) is 0 Å². The van der Waals surface area contributed by atoms with Gasteiger partial charge in [-0.05, 0) is 37.3 Å². The van der Waals surface area contributed by atoms with Crippen molar-refractivity contribution in [2.75, 3.05) is 10.6 Å². The third-order valence-electron chi connectivity index (χ3n) is 2.81. The molecule has 2 N–H and O–H groups in total. The fourth-order valence-electron chi connectivity index (χ4n) is 1.77. The number of amides is 1. The van der Waals surface area contributed by atoms with Crippen molar-refractivity contribution in [1.29, 1.82) is 5.26 Å². The van der Waals surface area contributed by atoms with Gasteiger partial charge in [-0.25, -0.2) is 0 Å². The first-order valence-corrected chi connectivity index (χ1v) is 6.31. The molecule has 4 nitrogen and oxygen atoms in total. The number of para-hydroxylation sites is 1. The summed E-state index contributed by atoms with van der Waals surface area (Å²) in [7, 11) is 0. The predicted molar refractivity (Wildman–Crippen MR) is 79.3 cm³/mol. The van der Waals surface area contributed by atoms with Crippen molar-refractivity contribution < 1.29 is 4.79 Å². The van der Waals surface area contributed by atoms with Crippen LogP contribution in [0.1, 0.15) is 12.5 Å². The number of hydrogen-bond acceptors (Lipinski definition) is 3. The first-order chi connectivity index (χ1) is 9.69. The molecule has 2 aromatic carbocycles. The Balaban J connectivity index is 1.99. The Kier molecular flexibility index (Phi) is 4.35. The van der Waals surface area contributed by atoms with Crippen molar-refractivity contribution in [3.63, 3.8) is 0 Å². The molecule has 2 aromatic rings. The SMILES string of the molecule is C[C@H](Nc1ccccc1)C(=O)Nc1cccc(C#N)c1. The van der Waals surface area contributed by atoms with E-state index >= 15 is 0 Å². The number of carbonyl (C=O) groups excluding carboxylic acids is 1. The number of nitrogens with one attached hydrogen (secondary N) is 2. The lowest BCUT2D eigenvalue weighted by Gasteiger charge is -2.15. The van der Waals surface area contributed by atoms with Crippen LogP contribution in [0.3, 0.4) is 0 Å². The van der Waals surface area contributed by atoms with Crippen molar-refractivity contribution in [3.05, 3.63) is 60.2 Å². The van der Waals surface area contributed by atoms with Crippen molar-refractivity contribution in [3.8, 4) is 6.07 Å². The lowest BCUT2D eigenvalue weighted by molar-refractivity contribution is -0.116. The van der Waals surface area contributed by atoms with E-state index in [-0.39, 0.29) is 11.9 Å². The van der Waals surface area contributed by atoms with Crippen molar-refractivity contribution >= 4 is 17.3 Å². The molecule has 0 unspecified atom stereocenters. The van der Waals surface area contributed by atoms with E-state index in [1.165, 1.54) is 0 Å². The Bertz CT molecular complexity index is 632. The third-order valence-corrected chi connectivity index (χ3v) is 2.81. The minimum Gasteiger partial charge on any atom is -0.374 e. The fraction of sp³-hybridized carbons (Fsp3) is 0.125. The Hall–Kier alpha value is -2.80. The van der Waals surface area contributed by atoms with Gasteiger partial charge < -0.3 is 10.6 Å². The minimum atomic E-state index is -0.372. The van der Waals surface area contributed by atoms with Crippen LogP contribution < -0.4 is 10.6 Å². The maximum absolute atomic E-state index is 12.1. The van der Waals surface area contributed by atoms with Crippen LogP contribution in [0.5, 0.6) is 0 Å². The smallest absolute Gasteiger partial charge is 0.246 e. The second-order valence-corrected chi connectivity index (χ2v) is 4.41. The van der Waals surface area contributed by atoms with Crippen LogP contribution in [-0.2, 0) is 4.79 Å². The molecule has 0 saturated heterocycles. The fourth-order valence-corrected chi connectivity index (χ4v) is 1.77. The van der Waals surface area contributed by atoms with Crippen LogP contribution >= 0.6 is 0 Å². The molecule has 100 valence electrons. The first kappa shape index (κ1) is 13.6. The Labute approximate surface area is 118 Å². The zero-order chi connectivity index (χ0) is 14.4. The van der Waals surface area contributed by atoms with E-state index in [4.69, 9.17) is 5.26 Å². The number of nitrogens with zero attached hydrogens (tertiary/aromatic N) is 1. The van der Waals surface area contributed by atoms with E-state index in [0.29, 0.717) is 11.3 Å². The Morgan fingerprint density at radius 1 is 1.10 bits per heavy atom. The molecule has 0 aliphatic rings. The number of benzene rings is 2. The van der Waals surface area contributed by atoms with Gasteiger partial charge >= 0.3 is 0 Å². The van der Waals surface area contributed by atoms with Gasteiger partial charge in [0.2, 0.25) is 5.91 Å². The maximum Gasteiger partial charge on any atom is 0.246 e. The van der Waals surface area contributed by atoms with Gasteiger partial charge in [0.05, 0.1) is 11.6 Å².